The molecule has 8 nitrogen and oxygen atoms in total. The topological polar surface area (TPSA) is 102 Å². The molecule has 0 aliphatic heterocycles. The van der Waals surface area contributed by atoms with E-state index in [1.165, 1.54) is 7.11 Å². The smallest absolute Gasteiger partial charge is 0.338 e. The largest absolute Gasteiger partial charge is 0.495 e. The maximum absolute atomic E-state index is 12.5. The lowest BCUT2D eigenvalue weighted by Crippen LogP contribution is -2.37. The summed E-state index contributed by atoms with van der Waals surface area (Å²) in [5, 5.41) is 2.63. The molecule has 9 heteroatoms. The molecule has 1 amide bonds. The van der Waals surface area contributed by atoms with E-state index in [9.17, 15) is 18.0 Å². The number of nitrogens with zero attached hydrogens (tertiary/aromatic N) is 1. The van der Waals surface area contributed by atoms with E-state index < -0.39 is 28.4 Å². The van der Waals surface area contributed by atoms with Crippen molar-refractivity contribution in [3.63, 3.8) is 0 Å². The number of hydrogen-bond acceptors (Lipinski definition) is 6. The number of para-hydroxylation sites is 2. The van der Waals surface area contributed by atoms with Gasteiger partial charge in [0.25, 0.3) is 0 Å². The second-order valence-electron chi connectivity index (χ2n) is 6.56. The number of carbonyl (C=O) groups is 2. The minimum Gasteiger partial charge on any atom is -0.495 e. The summed E-state index contributed by atoms with van der Waals surface area (Å²) in [6.45, 7) is 1.93. The van der Waals surface area contributed by atoms with Crippen molar-refractivity contribution < 1.29 is 27.5 Å². The second kappa shape index (κ2) is 10.6. The van der Waals surface area contributed by atoms with Gasteiger partial charge in [0.15, 0.2) is 0 Å². The Morgan fingerprint density at radius 2 is 1.73 bits per heavy atom. The van der Waals surface area contributed by atoms with Gasteiger partial charge in [-0.1, -0.05) is 25.5 Å². The fourth-order valence-corrected chi connectivity index (χ4v) is 3.49. The van der Waals surface area contributed by atoms with E-state index >= 15 is 0 Å². The van der Waals surface area contributed by atoms with Crippen molar-refractivity contribution in [2.75, 3.05) is 36.1 Å². The summed E-state index contributed by atoms with van der Waals surface area (Å²) >= 11 is 0. The van der Waals surface area contributed by atoms with Crippen LogP contribution in [0.5, 0.6) is 5.75 Å². The Labute approximate surface area is 176 Å². The molecule has 0 fully saturated rings. The van der Waals surface area contributed by atoms with Crippen molar-refractivity contribution in [3.8, 4) is 5.75 Å². The highest BCUT2D eigenvalue weighted by Gasteiger charge is 2.23. The number of anilines is 2. The monoisotopic (exact) mass is 434 g/mol. The van der Waals surface area contributed by atoms with E-state index in [1.807, 2.05) is 6.92 Å². The molecule has 0 radical (unpaired) electrons. The highest BCUT2D eigenvalue weighted by molar-refractivity contribution is 7.92. The number of benzene rings is 2. The Morgan fingerprint density at radius 1 is 1.07 bits per heavy atom. The first kappa shape index (κ1) is 23.2. The molecule has 2 rings (SSSR count). The molecular formula is C21H26N2O6S. The number of sulfonamides is 1. The zero-order valence-electron chi connectivity index (χ0n) is 17.3. The van der Waals surface area contributed by atoms with Gasteiger partial charge < -0.3 is 14.8 Å². The third-order valence-corrected chi connectivity index (χ3v) is 5.30. The number of nitrogens with one attached hydrogen (secondary N) is 1. The molecular weight excluding hydrogens is 408 g/mol. The molecule has 2 aromatic rings. The van der Waals surface area contributed by atoms with Gasteiger partial charge >= 0.3 is 5.97 Å². The van der Waals surface area contributed by atoms with Crippen LogP contribution < -0.4 is 14.4 Å². The second-order valence-corrected chi connectivity index (χ2v) is 8.46. The van der Waals surface area contributed by atoms with E-state index in [-0.39, 0.29) is 5.69 Å². The number of methoxy groups -OCH3 is 1. The number of hydrogen-bond donors (Lipinski definition) is 1. The van der Waals surface area contributed by atoms with Crippen molar-refractivity contribution >= 4 is 33.3 Å². The first-order valence-corrected chi connectivity index (χ1v) is 11.3. The number of rotatable bonds is 10. The van der Waals surface area contributed by atoms with Gasteiger partial charge in [-0.05, 0) is 42.8 Å². The normalized spacial score (nSPS) is 10.9. The van der Waals surface area contributed by atoms with Gasteiger partial charge in [0.1, 0.15) is 12.3 Å². The first-order chi connectivity index (χ1) is 14.3. The Morgan fingerprint density at radius 3 is 2.33 bits per heavy atom. The summed E-state index contributed by atoms with van der Waals surface area (Å²) in [4.78, 5) is 24.4. The van der Waals surface area contributed by atoms with Gasteiger partial charge in [0, 0.05) is 5.69 Å². The predicted octanol–water partition coefficient (Wildman–Crippen LogP) is 3.06. The van der Waals surface area contributed by atoms with Crippen molar-refractivity contribution in [3.05, 3.63) is 54.1 Å². The highest BCUT2D eigenvalue weighted by Crippen LogP contribution is 2.29. The van der Waals surface area contributed by atoms with E-state index in [1.54, 1.807) is 48.5 Å². The minimum absolute atomic E-state index is 0.267. The van der Waals surface area contributed by atoms with Gasteiger partial charge in [0.2, 0.25) is 15.9 Å². The molecule has 0 aliphatic carbocycles. The average Bonchev–Trinajstić information content (AvgIpc) is 2.72. The summed E-state index contributed by atoms with van der Waals surface area (Å²) in [5.74, 6) is -0.632. The maximum atomic E-state index is 12.5. The standard InChI is InChI=1S/C21H26N2O6S/c1-4-5-14-29-21(25)16-10-12-17(13-11-16)22-20(24)15-23(30(3,26)27)18-8-6-7-9-19(18)28-2/h6-13H,4-5,14-15H2,1-3H3,(H,22,24). The summed E-state index contributed by atoms with van der Waals surface area (Å²) < 4.78 is 35.8. The van der Waals surface area contributed by atoms with Crippen LogP contribution in [0.2, 0.25) is 0 Å². The quantitative estimate of drug-likeness (QED) is 0.455. The third-order valence-electron chi connectivity index (χ3n) is 4.18. The molecule has 0 bridgehead atoms. The summed E-state index contributed by atoms with van der Waals surface area (Å²) in [6, 6.07) is 12.7. The van der Waals surface area contributed by atoms with E-state index in [0.29, 0.717) is 23.6 Å². The predicted molar refractivity (Wildman–Crippen MR) is 115 cm³/mol. The molecule has 162 valence electrons. The lowest BCUT2D eigenvalue weighted by Gasteiger charge is -2.23. The molecule has 2 aromatic carbocycles. The minimum atomic E-state index is -3.74. The Hall–Kier alpha value is -3.07. The van der Waals surface area contributed by atoms with E-state index in [2.05, 4.69) is 5.32 Å². The van der Waals surface area contributed by atoms with Crippen LogP contribution >= 0.6 is 0 Å². The van der Waals surface area contributed by atoms with Gasteiger partial charge in [-0.25, -0.2) is 13.2 Å². The molecule has 0 atom stereocenters. The van der Waals surface area contributed by atoms with Crippen LogP contribution in [0.3, 0.4) is 0 Å². The van der Waals surface area contributed by atoms with Gasteiger partial charge in [0.05, 0.1) is 31.2 Å². The van der Waals surface area contributed by atoms with Gasteiger partial charge in [-0.3, -0.25) is 9.10 Å². The van der Waals surface area contributed by atoms with Crippen LogP contribution in [0.15, 0.2) is 48.5 Å². The Balaban J connectivity index is 2.08. The molecule has 0 aromatic heterocycles. The fourth-order valence-electron chi connectivity index (χ4n) is 2.63. The first-order valence-electron chi connectivity index (χ1n) is 9.44. The van der Waals surface area contributed by atoms with Crippen LogP contribution in [-0.4, -0.2) is 46.8 Å². The van der Waals surface area contributed by atoms with Crippen LogP contribution in [0.1, 0.15) is 30.1 Å². The fraction of sp³-hybridized carbons (Fsp3) is 0.333. The lowest BCUT2D eigenvalue weighted by atomic mass is 10.2. The lowest BCUT2D eigenvalue weighted by molar-refractivity contribution is -0.114. The SMILES string of the molecule is CCCCOC(=O)c1ccc(NC(=O)CN(c2ccccc2OC)S(C)(=O)=O)cc1. The summed E-state index contributed by atoms with van der Waals surface area (Å²) in [7, 11) is -2.31. The summed E-state index contributed by atoms with van der Waals surface area (Å²) in [5.41, 5.74) is 1.07. The van der Waals surface area contributed by atoms with Crippen molar-refractivity contribution in [1.29, 1.82) is 0 Å². The Kier molecular flexibility index (Phi) is 8.23. The number of amides is 1. The number of carbonyl (C=O) groups excluding carboxylic acids is 2. The number of ether oxygens (including phenoxy) is 2. The van der Waals surface area contributed by atoms with Crippen molar-refractivity contribution in [2.45, 2.75) is 19.8 Å². The average molecular weight is 435 g/mol. The number of unbranched alkanes of at least 4 members (excludes halogenated alkanes) is 1. The van der Waals surface area contributed by atoms with Gasteiger partial charge in [-0.15, -0.1) is 0 Å². The molecule has 0 heterocycles. The van der Waals surface area contributed by atoms with Crippen LogP contribution in [-0.2, 0) is 19.6 Å². The molecule has 0 unspecified atom stereocenters. The molecule has 0 saturated heterocycles. The van der Waals surface area contributed by atoms with Crippen molar-refractivity contribution in [1.82, 2.24) is 0 Å². The molecule has 0 spiro atoms. The van der Waals surface area contributed by atoms with Crippen molar-refractivity contribution in [2.24, 2.45) is 0 Å². The Bertz CT molecular complexity index is 973. The zero-order valence-corrected chi connectivity index (χ0v) is 18.1. The van der Waals surface area contributed by atoms with Crippen LogP contribution in [0, 0.1) is 0 Å². The number of esters is 1. The van der Waals surface area contributed by atoms with Crippen LogP contribution in [0.25, 0.3) is 0 Å². The van der Waals surface area contributed by atoms with Gasteiger partial charge in [-0.2, -0.15) is 0 Å². The zero-order chi connectivity index (χ0) is 22.1. The summed E-state index contributed by atoms with van der Waals surface area (Å²) in [6.07, 6.45) is 2.74. The molecule has 30 heavy (non-hydrogen) atoms. The van der Waals surface area contributed by atoms with E-state index in [4.69, 9.17) is 9.47 Å². The molecule has 0 aliphatic rings. The van der Waals surface area contributed by atoms with Crippen LogP contribution in [0.4, 0.5) is 11.4 Å². The molecule has 0 saturated carbocycles. The molecule has 1 N–H and O–H groups in total. The highest BCUT2D eigenvalue weighted by atomic mass is 32.2. The van der Waals surface area contributed by atoms with E-state index in [0.717, 1.165) is 23.4 Å². The third kappa shape index (κ3) is 6.48. The maximum Gasteiger partial charge on any atom is 0.338 e.